The van der Waals surface area contributed by atoms with E-state index >= 15 is 0 Å². The standard InChI is InChI=1S/C8H10BrNO3S/c9-7-1-5(4-14-7)8(13)10-6(2-11)3-12/h1,4,6,11-12H,2-3H2,(H,10,13). The number of amides is 1. The monoisotopic (exact) mass is 279 g/mol. The molecule has 0 aliphatic rings. The van der Waals surface area contributed by atoms with Crippen LogP contribution in [0.5, 0.6) is 0 Å². The zero-order valence-electron chi connectivity index (χ0n) is 7.24. The number of aliphatic hydroxyl groups is 2. The van der Waals surface area contributed by atoms with Crippen LogP contribution in [0.1, 0.15) is 10.4 Å². The van der Waals surface area contributed by atoms with E-state index in [1.54, 1.807) is 11.4 Å². The number of rotatable bonds is 4. The van der Waals surface area contributed by atoms with Gasteiger partial charge in [0.1, 0.15) is 0 Å². The molecule has 0 fully saturated rings. The maximum Gasteiger partial charge on any atom is 0.252 e. The first-order valence-corrected chi connectivity index (χ1v) is 5.61. The van der Waals surface area contributed by atoms with Gasteiger partial charge in [-0.1, -0.05) is 0 Å². The molecule has 1 heterocycles. The smallest absolute Gasteiger partial charge is 0.252 e. The molecule has 0 bridgehead atoms. The summed E-state index contributed by atoms with van der Waals surface area (Å²) in [5.41, 5.74) is 0.522. The molecular weight excluding hydrogens is 270 g/mol. The molecule has 1 aromatic heterocycles. The second kappa shape index (κ2) is 5.45. The van der Waals surface area contributed by atoms with Crippen molar-refractivity contribution in [1.82, 2.24) is 5.32 Å². The van der Waals surface area contributed by atoms with Crippen LogP contribution in [-0.4, -0.2) is 35.4 Å². The minimum Gasteiger partial charge on any atom is -0.394 e. The molecule has 0 saturated carbocycles. The van der Waals surface area contributed by atoms with Gasteiger partial charge in [-0.15, -0.1) is 11.3 Å². The van der Waals surface area contributed by atoms with Crippen LogP contribution in [0.3, 0.4) is 0 Å². The van der Waals surface area contributed by atoms with Gasteiger partial charge < -0.3 is 15.5 Å². The number of carbonyl (C=O) groups excluding carboxylic acids is 1. The average molecular weight is 280 g/mol. The van der Waals surface area contributed by atoms with Crippen molar-refractivity contribution in [3.63, 3.8) is 0 Å². The van der Waals surface area contributed by atoms with Crippen LogP contribution in [-0.2, 0) is 0 Å². The molecule has 6 heteroatoms. The molecule has 0 aliphatic carbocycles. The fourth-order valence-electron chi connectivity index (χ4n) is 0.847. The lowest BCUT2D eigenvalue weighted by molar-refractivity contribution is 0.0880. The van der Waals surface area contributed by atoms with E-state index in [1.807, 2.05) is 0 Å². The summed E-state index contributed by atoms with van der Waals surface area (Å²) in [7, 11) is 0. The van der Waals surface area contributed by atoms with Crippen LogP contribution in [0.15, 0.2) is 15.2 Å². The van der Waals surface area contributed by atoms with Crippen molar-refractivity contribution in [3.05, 3.63) is 20.8 Å². The summed E-state index contributed by atoms with van der Waals surface area (Å²) in [5, 5.41) is 21.7. The van der Waals surface area contributed by atoms with Gasteiger partial charge in [0.25, 0.3) is 5.91 Å². The molecule has 0 saturated heterocycles. The Hall–Kier alpha value is -0.430. The Morgan fingerprint density at radius 1 is 1.57 bits per heavy atom. The second-order valence-electron chi connectivity index (χ2n) is 2.68. The van der Waals surface area contributed by atoms with Crippen molar-refractivity contribution in [2.24, 2.45) is 0 Å². The maximum absolute atomic E-state index is 11.4. The number of aliphatic hydroxyl groups excluding tert-OH is 2. The highest BCUT2D eigenvalue weighted by molar-refractivity contribution is 9.11. The minimum absolute atomic E-state index is 0.270. The molecule has 0 spiro atoms. The number of nitrogens with one attached hydrogen (secondary N) is 1. The van der Waals surface area contributed by atoms with Crippen molar-refractivity contribution < 1.29 is 15.0 Å². The molecule has 3 N–H and O–H groups in total. The van der Waals surface area contributed by atoms with Crippen LogP contribution >= 0.6 is 27.3 Å². The number of carbonyl (C=O) groups is 1. The van der Waals surface area contributed by atoms with Gasteiger partial charge in [-0.2, -0.15) is 0 Å². The molecule has 0 aromatic carbocycles. The zero-order chi connectivity index (χ0) is 10.6. The zero-order valence-corrected chi connectivity index (χ0v) is 9.64. The van der Waals surface area contributed by atoms with Gasteiger partial charge in [-0.05, 0) is 22.0 Å². The highest BCUT2D eigenvalue weighted by Gasteiger charge is 2.12. The predicted molar refractivity (Wildman–Crippen MR) is 57.4 cm³/mol. The first kappa shape index (κ1) is 11.6. The van der Waals surface area contributed by atoms with E-state index < -0.39 is 6.04 Å². The van der Waals surface area contributed by atoms with E-state index in [-0.39, 0.29) is 19.1 Å². The predicted octanol–water partition coefficient (Wildman–Crippen LogP) is 0.594. The quantitative estimate of drug-likeness (QED) is 0.756. The molecule has 4 nitrogen and oxygen atoms in total. The highest BCUT2D eigenvalue weighted by Crippen LogP contribution is 2.20. The SMILES string of the molecule is O=C(NC(CO)CO)c1csc(Br)c1. The van der Waals surface area contributed by atoms with Gasteiger partial charge in [0, 0.05) is 5.38 Å². The molecule has 78 valence electrons. The Morgan fingerprint density at radius 3 is 2.64 bits per heavy atom. The molecule has 0 aliphatic heterocycles. The number of halogens is 1. The normalized spacial score (nSPS) is 10.6. The second-order valence-corrected chi connectivity index (χ2v) is 4.97. The van der Waals surface area contributed by atoms with Gasteiger partial charge in [0.05, 0.1) is 28.6 Å². The number of thiophene rings is 1. The molecular formula is C8H10BrNO3S. The van der Waals surface area contributed by atoms with E-state index in [4.69, 9.17) is 10.2 Å². The Labute approximate surface area is 93.7 Å². The van der Waals surface area contributed by atoms with Crippen molar-refractivity contribution >= 4 is 33.2 Å². The highest BCUT2D eigenvalue weighted by atomic mass is 79.9. The van der Waals surface area contributed by atoms with E-state index in [0.717, 1.165) is 3.79 Å². The van der Waals surface area contributed by atoms with E-state index in [1.165, 1.54) is 11.3 Å². The van der Waals surface area contributed by atoms with Crippen molar-refractivity contribution in [2.75, 3.05) is 13.2 Å². The maximum atomic E-state index is 11.4. The summed E-state index contributed by atoms with van der Waals surface area (Å²) in [6, 6.07) is 1.09. The Bertz CT molecular complexity index is 311. The summed E-state index contributed by atoms with van der Waals surface area (Å²) < 4.78 is 0.868. The topological polar surface area (TPSA) is 69.6 Å². The first-order chi connectivity index (χ1) is 6.67. The van der Waals surface area contributed by atoms with Crippen LogP contribution < -0.4 is 5.32 Å². The fraction of sp³-hybridized carbons (Fsp3) is 0.375. The van der Waals surface area contributed by atoms with Crippen LogP contribution in [0, 0.1) is 0 Å². The summed E-state index contributed by atoms with van der Waals surface area (Å²) >= 11 is 4.65. The van der Waals surface area contributed by atoms with E-state index in [2.05, 4.69) is 21.2 Å². The molecule has 1 rings (SSSR count). The van der Waals surface area contributed by atoms with Crippen molar-refractivity contribution in [3.8, 4) is 0 Å². The molecule has 1 amide bonds. The third-order valence-corrected chi connectivity index (χ3v) is 3.11. The average Bonchev–Trinajstić information content (AvgIpc) is 2.61. The van der Waals surface area contributed by atoms with Gasteiger partial charge in [0.15, 0.2) is 0 Å². The van der Waals surface area contributed by atoms with Gasteiger partial charge >= 0.3 is 0 Å². The minimum atomic E-state index is -0.596. The lowest BCUT2D eigenvalue weighted by Gasteiger charge is -2.12. The summed E-state index contributed by atoms with van der Waals surface area (Å²) in [5.74, 6) is -0.292. The van der Waals surface area contributed by atoms with Gasteiger partial charge in [0.2, 0.25) is 0 Å². The van der Waals surface area contributed by atoms with E-state index in [9.17, 15) is 4.79 Å². The van der Waals surface area contributed by atoms with Gasteiger partial charge in [-0.25, -0.2) is 0 Å². The lowest BCUT2D eigenvalue weighted by Crippen LogP contribution is -2.39. The summed E-state index contributed by atoms with van der Waals surface area (Å²) in [6.07, 6.45) is 0. The number of hydrogen-bond acceptors (Lipinski definition) is 4. The molecule has 1 aromatic rings. The number of hydrogen-bond donors (Lipinski definition) is 3. The molecule has 0 radical (unpaired) electrons. The third-order valence-electron chi connectivity index (χ3n) is 1.61. The van der Waals surface area contributed by atoms with Gasteiger partial charge in [-0.3, -0.25) is 4.79 Å². The van der Waals surface area contributed by atoms with Crippen LogP contribution in [0.25, 0.3) is 0 Å². The Morgan fingerprint density at radius 2 is 2.21 bits per heavy atom. The van der Waals surface area contributed by atoms with Crippen molar-refractivity contribution in [1.29, 1.82) is 0 Å². The Kier molecular flexibility index (Phi) is 4.53. The van der Waals surface area contributed by atoms with Crippen molar-refractivity contribution in [2.45, 2.75) is 6.04 Å². The van der Waals surface area contributed by atoms with Crippen LogP contribution in [0.2, 0.25) is 0 Å². The molecule has 0 unspecified atom stereocenters. The largest absolute Gasteiger partial charge is 0.394 e. The third kappa shape index (κ3) is 3.06. The first-order valence-electron chi connectivity index (χ1n) is 3.94. The van der Waals surface area contributed by atoms with E-state index in [0.29, 0.717) is 5.56 Å². The van der Waals surface area contributed by atoms with Crippen LogP contribution in [0.4, 0.5) is 0 Å². The molecule has 0 atom stereocenters. The summed E-state index contributed by atoms with van der Waals surface area (Å²) in [4.78, 5) is 11.4. The lowest BCUT2D eigenvalue weighted by atomic mass is 10.2. The molecule has 14 heavy (non-hydrogen) atoms. The fourth-order valence-corrected chi connectivity index (χ4v) is 1.98. The Balaban J connectivity index is 2.58. The summed E-state index contributed by atoms with van der Waals surface area (Å²) in [6.45, 7) is -0.541.